The molecule has 0 aliphatic rings. The average molecular weight is 244 g/mol. The molecule has 0 saturated heterocycles. The Morgan fingerprint density at radius 3 is 1.89 bits per heavy atom. The van der Waals surface area contributed by atoms with E-state index in [9.17, 15) is 0 Å². The third-order valence-corrected chi connectivity index (χ3v) is 2.10. The van der Waals surface area contributed by atoms with E-state index in [1.54, 1.807) is 0 Å². The molecule has 0 aliphatic carbocycles. The Balaban J connectivity index is 3.13. The molecule has 0 spiro atoms. The Labute approximate surface area is 111 Å². The highest BCUT2D eigenvalue weighted by Gasteiger charge is 2.12. The number of rotatable bonds is 2. The van der Waals surface area contributed by atoms with Crippen molar-refractivity contribution in [3.8, 4) is 0 Å². The normalized spacial score (nSPS) is 14.2. The Morgan fingerprint density at radius 1 is 0.889 bits per heavy atom. The van der Waals surface area contributed by atoms with Crippen LogP contribution in [0.4, 0.5) is 0 Å². The van der Waals surface area contributed by atoms with Crippen LogP contribution in [0.5, 0.6) is 0 Å². The molecule has 0 aromatic heterocycles. The highest BCUT2D eigenvalue weighted by atomic mass is 14.9. The van der Waals surface area contributed by atoms with E-state index in [0.717, 1.165) is 11.3 Å². The highest BCUT2D eigenvalue weighted by Crippen LogP contribution is 2.12. The van der Waals surface area contributed by atoms with E-state index in [1.807, 2.05) is 24.4 Å². The Bertz CT molecular complexity index is 428. The Morgan fingerprint density at radius 2 is 1.44 bits per heavy atom. The standard InChI is InChI=1S/C16H24N2/c1-15(2,3)17-12-14(18-16(4,5)6)13-10-8-7-9-11-13/h7-12H,1-6H3. The molecule has 18 heavy (non-hydrogen) atoms. The fraction of sp³-hybridized carbons (Fsp3) is 0.500. The molecule has 0 atom stereocenters. The van der Waals surface area contributed by atoms with E-state index in [4.69, 9.17) is 4.99 Å². The van der Waals surface area contributed by atoms with Crippen LogP contribution in [-0.2, 0) is 0 Å². The van der Waals surface area contributed by atoms with Crippen molar-refractivity contribution < 1.29 is 0 Å². The van der Waals surface area contributed by atoms with Gasteiger partial charge in [-0.05, 0) is 41.5 Å². The van der Waals surface area contributed by atoms with Crippen LogP contribution >= 0.6 is 0 Å². The molecule has 0 amide bonds. The summed E-state index contributed by atoms with van der Waals surface area (Å²) in [7, 11) is 0. The molecule has 1 rings (SSSR count). The second-order valence-electron chi connectivity index (χ2n) is 6.46. The first-order valence-corrected chi connectivity index (χ1v) is 6.38. The van der Waals surface area contributed by atoms with Gasteiger partial charge in [-0.1, -0.05) is 30.3 Å². The molecule has 1 aromatic carbocycles. The minimum Gasteiger partial charge on any atom is -0.285 e. The van der Waals surface area contributed by atoms with E-state index >= 15 is 0 Å². The largest absolute Gasteiger partial charge is 0.285 e. The minimum atomic E-state index is -0.102. The summed E-state index contributed by atoms with van der Waals surface area (Å²) in [6.45, 7) is 12.6. The summed E-state index contributed by atoms with van der Waals surface area (Å²) in [5.41, 5.74) is 1.88. The number of benzene rings is 1. The van der Waals surface area contributed by atoms with Gasteiger partial charge in [-0.2, -0.15) is 0 Å². The zero-order chi connectivity index (χ0) is 13.8. The third kappa shape index (κ3) is 5.76. The van der Waals surface area contributed by atoms with Gasteiger partial charge in [0.1, 0.15) is 0 Å². The Hall–Kier alpha value is -1.44. The van der Waals surface area contributed by atoms with E-state index in [1.165, 1.54) is 0 Å². The van der Waals surface area contributed by atoms with Crippen LogP contribution in [0.25, 0.3) is 0 Å². The molecule has 0 aliphatic heterocycles. The second kappa shape index (κ2) is 5.47. The quantitative estimate of drug-likeness (QED) is 0.698. The van der Waals surface area contributed by atoms with Crippen molar-refractivity contribution in [2.45, 2.75) is 52.6 Å². The molecular weight excluding hydrogens is 220 g/mol. The first-order valence-electron chi connectivity index (χ1n) is 6.38. The van der Waals surface area contributed by atoms with Gasteiger partial charge in [0.25, 0.3) is 0 Å². The van der Waals surface area contributed by atoms with Crippen molar-refractivity contribution in [2.75, 3.05) is 0 Å². The molecule has 0 N–H and O–H groups in total. The monoisotopic (exact) mass is 244 g/mol. The van der Waals surface area contributed by atoms with E-state index < -0.39 is 0 Å². The number of nitrogens with zero attached hydrogens (tertiary/aromatic N) is 2. The van der Waals surface area contributed by atoms with Crippen molar-refractivity contribution in [3.63, 3.8) is 0 Å². The van der Waals surface area contributed by atoms with Crippen LogP contribution in [0.3, 0.4) is 0 Å². The fourth-order valence-corrected chi connectivity index (χ4v) is 1.39. The third-order valence-electron chi connectivity index (χ3n) is 2.10. The van der Waals surface area contributed by atoms with Gasteiger partial charge in [-0.25, -0.2) is 0 Å². The van der Waals surface area contributed by atoms with Crippen molar-refractivity contribution >= 4 is 11.9 Å². The summed E-state index contributed by atoms with van der Waals surface area (Å²) in [6, 6.07) is 10.2. The molecule has 0 heterocycles. The predicted octanol–water partition coefficient (Wildman–Crippen LogP) is 4.14. The second-order valence-corrected chi connectivity index (χ2v) is 6.46. The van der Waals surface area contributed by atoms with Gasteiger partial charge in [0.15, 0.2) is 0 Å². The van der Waals surface area contributed by atoms with Crippen LogP contribution in [0.1, 0.15) is 47.1 Å². The highest BCUT2D eigenvalue weighted by molar-refractivity contribution is 6.38. The van der Waals surface area contributed by atoms with Crippen molar-refractivity contribution in [1.82, 2.24) is 0 Å². The van der Waals surface area contributed by atoms with E-state index in [0.29, 0.717) is 0 Å². The van der Waals surface area contributed by atoms with E-state index in [-0.39, 0.29) is 11.1 Å². The lowest BCUT2D eigenvalue weighted by atomic mass is 10.1. The van der Waals surface area contributed by atoms with Crippen LogP contribution < -0.4 is 0 Å². The van der Waals surface area contributed by atoms with Crippen molar-refractivity contribution in [3.05, 3.63) is 35.9 Å². The maximum atomic E-state index is 4.75. The molecule has 2 heteroatoms. The maximum Gasteiger partial charge on any atom is 0.0831 e. The van der Waals surface area contributed by atoms with Gasteiger partial charge in [-0.15, -0.1) is 0 Å². The molecule has 0 fully saturated rings. The smallest absolute Gasteiger partial charge is 0.0831 e. The topological polar surface area (TPSA) is 24.7 Å². The SMILES string of the molecule is CC(C)(C)N=CC(=NC(C)(C)C)c1ccccc1. The predicted molar refractivity (Wildman–Crippen MR) is 81.0 cm³/mol. The van der Waals surface area contributed by atoms with E-state index in [2.05, 4.69) is 58.7 Å². The van der Waals surface area contributed by atoms with Gasteiger partial charge < -0.3 is 0 Å². The molecule has 2 nitrogen and oxygen atoms in total. The van der Waals surface area contributed by atoms with Crippen LogP contribution in [-0.4, -0.2) is 23.0 Å². The number of hydrogen-bond donors (Lipinski definition) is 0. The van der Waals surface area contributed by atoms with Gasteiger partial charge in [0, 0.05) is 11.8 Å². The van der Waals surface area contributed by atoms with Crippen molar-refractivity contribution in [1.29, 1.82) is 0 Å². The zero-order valence-corrected chi connectivity index (χ0v) is 12.4. The summed E-state index contributed by atoms with van der Waals surface area (Å²) >= 11 is 0. The van der Waals surface area contributed by atoms with Crippen LogP contribution in [0, 0.1) is 0 Å². The van der Waals surface area contributed by atoms with Crippen molar-refractivity contribution in [2.24, 2.45) is 9.98 Å². The van der Waals surface area contributed by atoms with Crippen LogP contribution in [0.2, 0.25) is 0 Å². The maximum absolute atomic E-state index is 4.75. The first kappa shape index (κ1) is 14.6. The number of hydrogen-bond acceptors (Lipinski definition) is 2. The minimum absolute atomic E-state index is 0.0760. The van der Waals surface area contributed by atoms with Gasteiger partial charge in [0.2, 0.25) is 0 Å². The van der Waals surface area contributed by atoms with Crippen LogP contribution in [0.15, 0.2) is 40.3 Å². The molecule has 0 radical (unpaired) electrons. The zero-order valence-electron chi connectivity index (χ0n) is 12.4. The molecule has 0 bridgehead atoms. The summed E-state index contributed by atoms with van der Waals surface area (Å²) in [6.07, 6.45) is 1.89. The molecule has 0 saturated carbocycles. The fourth-order valence-electron chi connectivity index (χ4n) is 1.39. The lowest BCUT2D eigenvalue weighted by molar-refractivity contribution is 0.581. The number of aliphatic imine (C=N–C) groups is 2. The molecule has 0 unspecified atom stereocenters. The average Bonchev–Trinajstić information content (AvgIpc) is 2.23. The first-order chi connectivity index (χ1) is 8.17. The van der Waals surface area contributed by atoms with Gasteiger partial charge >= 0.3 is 0 Å². The molecule has 1 aromatic rings. The summed E-state index contributed by atoms with van der Waals surface area (Å²) in [5.74, 6) is 0. The van der Waals surface area contributed by atoms with Gasteiger partial charge in [-0.3, -0.25) is 9.98 Å². The molecule has 98 valence electrons. The lowest BCUT2D eigenvalue weighted by Crippen LogP contribution is -2.18. The summed E-state index contributed by atoms with van der Waals surface area (Å²) in [5, 5.41) is 0. The van der Waals surface area contributed by atoms with Gasteiger partial charge in [0.05, 0.1) is 16.8 Å². The molecular formula is C16H24N2. The summed E-state index contributed by atoms with van der Waals surface area (Å²) in [4.78, 5) is 9.31. The summed E-state index contributed by atoms with van der Waals surface area (Å²) < 4.78 is 0. The lowest BCUT2D eigenvalue weighted by Gasteiger charge is -2.16. The Kier molecular flexibility index (Phi) is 4.44.